The van der Waals surface area contributed by atoms with Crippen LogP contribution in [-0.4, -0.2) is 23.3 Å². The maximum absolute atomic E-state index is 13.6. The van der Waals surface area contributed by atoms with E-state index in [2.05, 4.69) is 29.7 Å². The predicted molar refractivity (Wildman–Crippen MR) is 174 cm³/mol. The number of hydrogen-bond acceptors (Lipinski definition) is 4. The number of anilines is 1. The van der Waals surface area contributed by atoms with E-state index in [1.54, 1.807) is 36.6 Å². The Morgan fingerprint density at radius 1 is 0.977 bits per heavy atom. The Morgan fingerprint density at radius 3 is 2.56 bits per heavy atom. The Hall–Kier alpha value is -4.42. The van der Waals surface area contributed by atoms with Crippen molar-refractivity contribution in [2.45, 2.75) is 52.9 Å². The minimum Gasteiger partial charge on any atom is -0.470 e. The molecular weight excluding hydrogens is 558 g/mol. The van der Waals surface area contributed by atoms with Gasteiger partial charge >= 0.3 is 0 Å². The molecule has 4 aromatic rings. The second-order valence-corrected chi connectivity index (χ2v) is 11.4. The Labute approximate surface area is 257 Å². The topological polar surface area (TPSA) is 80.3 Å². The fourth-order valence-electron chi connectivity index (χ4n) is 5.33. The van der Waals surface area contributed by atoms with E-state index < -0.39 is 0 Å². The summed E-state index contributed by atoms with van der Waals surface area (Å²) in [6.07, 6.45) is 8.59. The van der Waals surface area contributed by atoms with E-state index in [9.17, 15) is 9.59 Å². The molecule has 0 spiro atoms. The quantitative estimate of drug-likeness (QED) is 0.200. The van der Waals surface area contributed by atoms with Crippen molar-refractivity contribution in [3.8, 4) is 11.3 Å². The monoisotopic (exact) mass is 593 g/mol. The van der Waals surface area contributed by atoms with Crippen molar-refractivity contribution in [2.75, 3.05) is 11.9 Å². The maximum Gasteiger partial charge on any atom is 0.256 e. The number of allylic oxidation sites excluding steroid dienone is 3. The second-order valence-electron chi connectivity index (χ2n) is 11.0. The van der Waals surface area contributed by atoms with E-state index in [0.29, 0.717) is 34.1 Å². The molecule has 1 aliphatic heterocycles. The summed E-state index contributed by atoms with van der Waals surface area (Å²) in [5.41, 5.74) is 7.07. The number of amides is 2. The highest BCUT2D eigenvalue weighted by atomic mass is 35.5. The number of benzene rings is 3. The third kappa shape index (κ3) is 7.33. The van der Waals surface area contributed by atoms with Gasteiger partial charge in [-0.2, -0.15) is 0 Å². The molecule has 1 aliphatic rings. The standard InChI is InChI=1S/C36H36ClN3O3/c1-23-20-25(3)34-29(21-23)30(22-32(40-34)28-11-6-7-12-31(28)37)36(42)39-27-16-14-26(15-17-27)35(41)38-18-9-13-33-24(2)10-5-4-8-19-43-33/h6-8,11-12,14-17,19-22H,4-5,9-10,13,18H2,1-3H3,(H,38,41)(H,39,42)/b19-8+,33-24-. The number of hydrogen-bond donors (Lipinski definition) is 2. The predicted octanol–water partition coefficient (Wildman–Crippen LogP) is 8.92. The fourth-order valence-corrected chi connectivity index (χ4v) is 5.56. The zero-order valence-electron chi connectivity index (χ0n) is 24.8. The van der Waals surface area contributed by atoms with Crippen molar-refractivity contribution in [2.24, 2.45) is 0 Å². The molecule has 2 amide bonds. The van der Waals surface area contributed by atoms with Crippen LogP contribution >= 0.6 is 11.6 Å². The van der Waals surface area contributed by atoms with Gasteiger partial charge in [0.2, 0.25) is 0 Å². The van der Waals surface area contributed by atoms with Crippen LogP contribution in [0.15, 0.2) is 90.4 Å². The molecule has 5 rings (SSSR count). The van der Waals surface area contributed by atoms with Crippen LogP contribution in [0, 0.1) is 13.8 Å². The van der Waals surface area contributed by atoms with Crippen LogP contribution in [0.4, 0.5) is 5.69 Å². The van der Waals surface area contributed by atoms with E-state index in [1.165, 1.54) is 5.57 Å². The molecule has 2 heterocycles. The van der Waals surface area contributed by atoms with Crippen LogP contribution in [0.5, 0.6) is 0 Å². The van der Waals surface area contributed by atoms with Crippen molar-refractivity contribution in [3.05, 3.63) is 118 Å². The average molecular weight is 594 g/mol. The van der Waals surface area contributed by atoms with Gasteiger partial charge in [0.25, 0.3) is 11.8 Å². The number of rotatable bonds is 8. The number of ether oxygens (including phenoxy) is 1. The lowest BCUT2D eigenvalue weighted by Gasteiger charge is -2.14. The van der Waals surface area contributed by atoms with Gasteiger partial charge < -0.3 is 15.4 Å². The number of nitrogens with zero attached hydrogens (tertiary/aromatic N) is 1. The minimum atomic E-state index is -0.265. The lowest BCUT2D eigenvalue weighted by atomic mass is 9.99. The molecule has 3 aromatic carbocycles. The Morgan fingerprint density at radius 2 is 1.77 bits per heavy atom. The van der Waals surface area contributed by atoms with Crippen LogP contribution in [-0.2, 0) is 4.74 Å². The number of pyridine rings is 1. The molecule has 0 bridgehead atoms. The highest BCUT2D eigenvalue weighted by Gasteiger charge is 2.18. The Balaban J connectivity index is 1.27. The zero-order chi connectivity index (χ0) is 30.3. The minimum absolute atomic E-state index is 0.155. The largest absolute Gasteiger partial charge is 0.470 e. The first kappa shape index (κ1) is 30.1. The highest BCUT2D eigenvalue weighted by Crippen LogP contribution is 2.32. The average Bonchev–Trinajstić information content (AvgIpc) is 2.98. The van der Waals surface area contributed by atoms with E-state index in [4.69, 9.17) is 21.3 Å². The number of aromatic nitrogens is 1. The molecule has 6 nitrogen and oxygen atoms in total. The number of halogens is 1. The number of carbonyl (C=O) groups excluding carboxylic acids is 2. The Bertz CT molecular complexity index is 1720. The van der Waals surface area contributed by atoms with Gasteiger partial charge in [-0.25, -0.2) is 4.98 Å². The summed E-state index contributed by atoms with van der Waals surface area (Å²) in [7, 11) is 0. The summed E-state index contributed by atoms with van der Waals surface area (Å²) in [5.74, 6) is 0.577. The van der Waals surface area contributed by atoms with Crippen LogP contribution < -0.4 is 10.6 Å². The first-order chi connectivity index (χ1) is 20.8. The van der Waals surface area contributed by atoms with Gasteiger partial charge in [0, 0.05) is 40.2 Å². The summed E-state index contributed by atoms with van der Waals surface area (Å²) in [6.45, 7) is 6.65. The van der Waals surface area contributed by atoms with Gasteiger partial charge in [0.15, 0.2) is 0 Å². The van der Waals surface area contributed by atoms with Gasteiger partial charge in [-0.1, -0.05) is 41.4 Å². The summed E-state index contributed by atoms with van der Waals surface area (Å²) < 4.78 is 5.78. The summed E-state index contributed by atoms with van der Waals surface area (Å²) in [5, 5.41) is 7.32. The SMILES string of the molecule is C/C1=C(\CCCNC(=O)c2ccc(NC(=O)c3cc(-c4ccccc4Cl)nc4c(C)cc(C)cc34)cc2)O/C=C/CCC1. The lowest BCUT2D eigenvalue weighted by Crippen LogP contribution is -2.24. The lowest BCUT2D eigenvalue weighted by molar-refractivity contribution is 0.0952. The normalized spacial score (nSPS) is 15.7. The smallest absolute Gasteiger partial charge is 0.256 e. The van der Waals surface area contributed by atoms with Gasteiger partial charge in [-0.05, 0) is 106 Å². The molecule has 1 aromatic heterocycles. The summed E-state index contributed by atoms with van der Waals surface area (Å²) in [6, 6.07) is 20.2. The molecule has 0 aliphatic carbocycles. The molecule has 0 radical (unpaired) electrons. The van der Waals surface area contributed by atoms with Crippen molar-refractivity contribution < 1.29 is 14.3 Å². The molecule has 220 valence electrons. The van der Waals surface area contributed by atoms with Crippen LogP contribution in [0.2, 0.25) is 5.02 Å². The molecule has 0 atom stereocenters. The van der Waals surface area contributed by atoms with E-state index >= 15 is 0 Å². The third-order valence-electron chi connectivity index (χ3n) is 7.62. The van der Waals surface area contributed by atoms with Crippen LogP contribution in [0.1, 0.15) is 70.9 Å². The van der Waals surface area contributed by atoms with Gasteiger partial charge in [0.1, 0.15) is 5.76 Å². The molecule has 0 saturated carbocycles. The summed E-state index contributed by atoms with van der Waals surface area (Å²) in [4.78, 5) is 31.3. The number of aryl methyl sites for hydroxylation is 2. The third-order valence-corrected chi connectivity index (χ3v) is 7.95. The molecule has 2 N–H and O–H groups in total. The number of fused-ring (bicyclic) bond motifs is 1. The van der Waals surface area contributed by atoms with Gasteiger partial charge in [-0.15, -0.1) is 0 Å². The molecular formula is C36H36ClN3O3. The van der Waals surface area contributed by atoms with Gasteiger partial charge in [-0.3, -0.25) is 9.59 Å². The Kier molecular flexibility index (Phi) is 9.58. The van der Waals surface area contributed by atoms with Gasteiger partial charge in [0.05, 0.1) is 23.0 Å². The van der Waals surface area contributed by atoms with Crippen LogP contribution in [0.3, 0.4) is 0 Å². The molecule has 0 unspecified atom stereocenters. The second kappa shape index (κ2) is 13.7. The van der Waals surface area contributed by atoms with E-state index in [-0.39, 0.29) is 11.8 Å². The molecule has 7 heteroatoms. The fraction of sp³-hybridized carbons (Fsp3) is 0.250. The van der Waals surface area contributed by atoms with Crippen molar-refractivity contribution in [1.82, 2.24) is 10.3 Å². The van der Waals surface area contributed by atoms with Crippen molar-refractivity contribution in [1.29, 1.82) is 0 Å². The first-order valence-electron chi connectivity index (χ1n) is 14.7. The molecule has 0 fully saturated rings. The van der Waals surface area contributed by atoms with E-state index in [1.807, 2.05) is 44.2 Å². The first-order valence-corrected chi connectivity index (χ1v) is 15.0. The zero-order valence-corrected chi connectivity index (χ0v) is 25.6. The number of carbonyl (C=O) groups is 2. The van der Waals surface area contributed by atoms with Crippen molar-refractivity contribution in [3.63, 3.8) is 0 Å². The molecule has 43 heavy (non-hydrogen) atoms. The molecule has 0 saturated heterocycles. The maximum atomic E-state index is 13.6. The highest BCUT2D eigenvalue weighted by molar-refractivity contribution is 6.33. The van der Waals surface area contributed by atoms with E-state index in [0.717, 1.165) is 65.5 Å². The van der Waals surface area contributed by atoms with Crippen molar-refractivity contribution >= 4 is 40.0 Å². The summed E-state index contributed by atoms with van der Waals surface area (Å²) >= 11 is 6.49. The number of nitrogens with one attached hydrogen (secondary N) is 2. The van der Waals surface area contributed by atoms with Crippen LogP contribution in [0.25, 0.3) is 22.2 Å².